The molecule has 0 aliphatic carbocycles. The molecule has 0 bridgehead atoms. The number of benzene rings is 2. The summed E-state index contributed by atoms with van der Waals surface area (Å²) < 4.78 is 41.2. The highest BCUT2D eigenvalue weighted by Crippen LogP contribution is 2.33. The van der Waals surface area contributed by atoms with Crippen LogP contribution in [-0.2, 0) is 4.79 Å². The molecule has 0 fully saturated rings. The van der Waals surface area contributed by atoms with Crippen LogP contribution in [0.3, 0.4) is 0 Å². The van der Waals surface area contributed by atoms with Crippen LogP contribution in [0.2, 0.25) is 0 Å². The topological polar surface area (TPSA) is 71.7 Å². The van der Waals surface area contributed by atoms with E-state index >= 15 is 0 Å². The first-order chi connectivity index (χ1) is 12.7. The number of aryl methyl sites for hydroxylation is 1. The zero-order valence-corrected chi connectivity index (χ0v) is 14.7. The summed E-state index contributed by atoms with van der Waals surface area (Å²) in [5, 5.41) is 9.18. The fourth-order valence-electron chi connectivity index (χ4n) is 2.56. The monoisotopic (exact) mass is 394 g/mol. The minimum absolute atomic E-state index is 0.0441. The predicted molar refractivity (Wildman–Crippen MR) is 93.6 cm³/mol. The fourth-order valence-corrected chi connectivity index (χ4v) is 3.61. The molecule has 1 N–H and O–H groups in total. The number of amides is 1. The highest BCUT2D eigenvalue weighted by Gasteiger charge is 2.47. The van der Waals surface area contributed by atoms with Gasteiger partial charge < -0.3 is 5.11 Å². The van der Waals surface area contributed by atoms with Gasteiger partial charge >= 0.3 is 12.1 Å². The van der Waals surface area contributed by atoms with Gasteiger partial charge in [-0.15, -0.1) is 0 Å². The summed E-state index contributed by atoms with van der Waals surface area (Å²) in [5.41, 5.74) is 1.15. The molecule has 9 heteroatoms. The van der Waals surface area contributed by atoms with Gasteiger partial charge in [0.2, 0.25) is 6.04 Å². The number of alkyl halides is 3. The molecular weight excluding hydrogens is 381 g/mol. The highest BCUT2D eigenvalue weighted by molar-refractivity contribution is 7.16. The predicted octanol–water partition coefficient (Wildman–Crippen LogP) is 3.94. The quantitative estimate of drug-likeness (QED) is 0.731. The van der Waals surface area contributed by atoms with Gasteiger partial charge in [-0.25, -0.2) is 4.79 Å². The number of carbonyl (C=O) groups excluding carboxylic acids is 1. The number of para-hydroxylation sites is 1. The summed E-state index contributed by atoms with van der Waals surface area (Å²) >= 11 is 0.824. The summed E-state index contributed by atoms with van der Waals surface area (Å²) in [6.45, 7) is 1.83. The van der Waals surface area contributed by atoms with Gasteiger partial charge in [0, 0.05) is 5.56 Å². The van der Waals surface area contributed by atoms with Gasteiger partial charge in [-0.05, 0) is 31.2 Å². The van der Waals surface area contributed by atoms with Crippen molar-refractivity contribution in [1.29, 1.82) is 0 Å². The molecular formula is C18H13F3N2O3S. The Balaban J connectivity index is 2.25. The van der Waals surface area contributed by atoms with Crippen molar-refractivity contribution >= 4 is 33.4 Å². The number of rotatable bonds is 3. The number of carboxylic acid groups (broad SMARTS) is 1. The first-order valence-corrected chi connectivity index (χ1v) is 8.55. The minimum atomic E-state index is -5.06. The van der Waals surface area contributed by atoms with Crippen molar-refractivity contribution in [3.63, 3.8) is 0 Å². The van der Waals surface area contributed by atoms with E-state index in [9.17, 15) is 27.9 Å². The number of hydrogen-bond donors (Lipinski definition) is 1. The zero-order valence-electron chi connectivity index (χ0n) is 13.9. The summed E-state index contributed by atoms with van der Waals surface area (Å²) in [6.07, 6.45) is -5.06. The lowest BCUT2D eigenvalue weighted by Crippen LogP contribution is -2.38. The molecule has 0 saturated carbocycles. The maximum absolute atomic E-state index is 13.4. The lowest BCUT2D eigenvalue weighted by Gasteiger charge is -2.18. The van der Waals surface area contributed by atoms with Crippen LogP contribution in [-0.4, -0.2) is 27.7 Å². The molecule has 0 spiro atoms. The molecule has 1 unspecified atom stereocenters. The van der Waals surface area contributed by atoms with Crippen molar-refractivity contribution in [3.8, 4) is 0 Å². The number of thiazole rings is 1. The Morgan fingerprint density at radius 2 is 1.74 bits per heavy atom. The van der Waals surface area contributed by atoms with Crippen molar-refractivity contribution in [2.24, 2.45) is 4.99 Å². The maximum Gasteiger partial charge on any atom is 0.420 e. The van der Waals surface area contributed by atoms with Gasteiger partial charge in [0.05, 0.1) is 10.2 Å². The molecule has 140 valence electrons. The number of aromatic nitrogens is 1. The van der Waals surface area contributed by atoms with Crippen LogP contribution in [0.4, 0.5) is 13.2 Å². The lowest BCUT2D eigenvalue weighted by atomic mass is 10.1. The SMILES string of the molecule is Cc1ccc(C(=O)N=c2sc3ccccc3n2C(C(=O)O)C(F)(F)F)cc1. The standard InChI is InChI=1S/C18H13F3N2O3S/c1-10-6-8-11(9-7-10)15(24)22-17-23(14(16(25)26)18(19,20)21)12-4-2-3-5-13(12)27-17/h2-9,14H,1H3,(H,25,26). The average Bonchev–Trinajstić information content (AvgIpc) is 2.92. The van der Waals surface area contributed by atoms with E-state index in [-0.39, 0.29) is 15.9 Å². The summed E-state index contributed by atoms with van der Waals surface area (Å²) in [4.78, 5) is 27.2. The first kappa shape index (κ1) is 18.8. The Morgan fingerprint density at radius 1 is 1.11 bits per heavy atom. The van der Waals surface area contributed by atoms with Crippen molar-refractivity contribution in [2.45, 2.75) is 19.1 Å². The van der Waals surface area contributed by atoms with Crippen molar-refractivity contribution in [2.75, 3.05) is 0 Å². The van der Waals surface area contributed by atoms with E-state index < -0.39 is 24.1 Å². The van der Waals surface area contributed by atoms with Crippen LogP contribution in [0, 0.1) is 6.92 Å². The molecule has 1 heterocycles. The van der Waals surface area contributed by atoms with Crippen molar-refractivity contribution in [3.05, 3.63) is 64.5 Å². The lowest BCUT2D eigenvalue weighted by molar-refractivity contribution is -0.188. The number of fused-ring (bicyclic) bond motifs is 1. The second-order valence-corrected chi connectivity index (χ2v) is 6.80. The van der Waals surface area contributed by atoms with Crippen LogP contribution in [0.25, 0.3) is 10.2 Å². The molecule has 2 aromatic carbocycles. The Kier molecular flexibility index (Phi) is 4.88. The van der Waals surface area contributed by atoms with Crippen LogP contribution < -0.4 is 4.80 Å². The van der Waals surface area contributed by atoms with Crippen LogP contribution in [0.15, 0.2) is 53.5 Å². The third-order valence-corrected chi connectivity index (χ3v) is 4.87. The van der Waals surface area contributed by atoms with Gasteiger partial charge in [-0.1, -0.05) is 41.2 Å². The second kappa shape index (κ2) is 6.99. The number of halogens is 3. The van der Waals surface area contributed by atoms with Gasteiger partial charge in [0.25, 0.3) is 5.91 Å². The summed E-state index contributed by atoms with van der Waals surface area (Å²) in [5.74, 6) is -2.82. The van der Waals surface area contributed by atoms with Crippen molar-refractivity contribution in [1.82, 2.24) is 4.57 Å². The Labute approximate surface area is 155 Å². The molecule has 0 saturated heterocycles. The maximum atomic E-state index is 13.4. The third kappa shape index (κ3) is 3.77. The van der Waals surface area contributed by atoms with Gasteiger partial charge in [-0.3, -0.25) is 9.36 Å². The number of aliphatic carboxylic acids is 1. The molecule has 3 rings (SSSR count). The van der Waals surface area contributed by atoms with Crippen LogP contribution >= 0.6 is 11.3 Å². The van der Waals surface area contributed by atoms with Crippen LogP contribution in [0.5, 0.6) is 0 Å². The molecule has 0 aliphatic rings. The number of carbonyl (C=O) groups is 2. The van der Waals surface area contributed by atoms with E-state index in [0.717, 1.165) is 16.9 Å². The third-order valence-electron chi connectivity index (χ3n) is 3.83. The van der Waals surface area contributed by atoms with E-state index in [1.165, 1.54) is 24.3 Å². The molecule has 5 nitrogen and oxygen atoms in total. The Hall–Kier alpha value is -2.94. The summed E-state index contributed by atoms with van der Waals surface area (Å²) in [6, 6.07) is 9.54. The fraction of sp³-hybridized carbons (Fsp3) is 0.167. The largest absolute Gasteiger partial charge is 0.479 e. The highest BCUT2D eigenvalue weighted by atomic mass is 32.1. The molecule has 1 amide bonds. The van der Waals surface area contributed by atoms with Gasteiger partial charge in [-0.2, -0.15) is 18.2 Å². The van der Waals surface area contributed by atoms with E-state index in [1.807, 2.05) is 6.92 Å². The molecule has 0 aliphatic heterocycles. The minimum Gasteiger partial charge on any atom is -0.479 e. The molecule has 1 aromatic heterocycles. The smallest absolute Gasteiger partial charge is 0.420 e. The molecule has 1 atom stereocenters. The van der Waals surface area contributed by atoms with Crippen molar-refractivity contribution < 1.29 is 27.9 Å². The number of carboxylic acids is 1. The Bertz CT molecular complexity index is 1080. The number of nitrogens with zero attached hydrogens (tertiary/aromatic N) is 2. The first-order valence-electron chi connectivity index (χ1n) is 7.74. The zero-order chi connectivity index (χ0) is 19.8. The van der Waals surface area contributed by atoms with E-state index in [0.29, 0.717) is 9.27 Å². The molecule has 0 radical (unpaired) electrons. The van der Waals surface area contributed by atoms with E-state index in [4.69, 9.17) is 0 Å². The normalized spacial score (nSPS) is 13.7. The average molecular weight is 394 g/mol. The summed E-state index contributed by atoms with van der Waals surface area (Å²) in [7, 11) is 0. The number of hydrogen-bond acceptors (Lipinski definition) is 3. The molecule has 3 aromatic rings. The Morgan fingerprint density at radius 3 is 2.33 bits per heavy atom. The van der Waals surface area contributed by atoms with E-state index in [1.54, 1.807) is 24.3 Å². The van der Waals surface area contributed by atoms with Gasteiger partial charge in [0.1, 0.15) is 0 Å². The van der Waals surface area contributed by atoms with E-state index in [2.05, 4.69) is 4.99 Å². The molecule has 27 heavy (non-hydrogen) atoms. The van der Waals surface area contributed by atoms with Crippen LogP contribution in [0.1, 0.15) is 22.0 Å². The second-order valence-electron chi connectivity index (χ2n) is 5.79. The van der Waals surface area contributed by atoms with Gasteiger partial charge in [0.15, 0.2) is 4.80 Å².